The van der Waals surface area contributed by atoms with E-state index < -0.39 is 0 Å². The van der Waals surface area contributed by atoms with E-state index >= 15 is 0 Å². The first kappa shape index (κ1) is 4.17. The van der Waals surface area contributed by atoms with Crippen LogP contribution < -0.4 is 0 Å². The number of rotatable bonds is 2. The molecule has 0 heteroatoms. The number of hydrogen-bond acceptors (Lipinski definition) is 0. The molecule has 0 saturated heterocycles. The molecule has 0 N–H and O–H groups in total. The van der Waals surface area contributed by atoms with Crippen LogP contribution in [0.2, 0.25) is 0 Å². The molecular formula is C6H9. The van der Waals surface area contributed by atoms with Crippen molar-refractivity contribution in [3.05, 3.63) is 12.3 Å². The Morgan fingerprint density at radius 1 is 1.83 bits per heavy atom. The van der Waals surface area contributed by atoms with E-state index in [4.69, 9.17) is 0 Å². The normalized spacial score (nSPS) is 21.5. The van der Waals surface area contributed by atoms with Crippen LogP contribution in [0.3, 0.4) is 0 Å². The fraction of sp³-hybridized carbons (Fsp3) is 0.667. The summed E-state index contributed by atoms with van der Waals surface area (Å²) in [5, 5.41) is 0. The maximum atomic E-state index is 3.15. The zero-order valence-corrected chi connectivity index (χ0v) is 4.12. The molecule has 0 heterocycles. The van der Waals surface area contributed by atoms with Crippen LogP contribution in [-0.4, -0.2) is 0 Å². The Morgan fingerprint density at radius 2 is 2.50 bits per heavy atom. The Hall–Kier alpha value is 0. The molecule has 0 aromatic heterocycles. The summed E-state index contributed by atoms with van der Waals surface area (Å²) >= 11 is 0. The topological polar surface area (TPSA) is 0 Å². The summed E-state index contributed by atoms with van der Waals surface area (Å²) in [6.07, 6.45) is 6.93. The van der Waals surface area contributed by atoms with Gasteiger partial charge in [0.15, 0.2) is 0 Å². The zero-order chi connectivity index (χ0) is 4.41. The minimum Gasteiger partial charge on any atom is -0.0654 e. The molecule has 0 atom stereocenters. The molecule has 0 amide bonds. The van der Waals surface area contributed by atoms with Gasteiger partial charge in [-0.25, -0.2) is 0 Å². The summed E-state index contributed by atoms with van der Waals surface area (Å²) in [6.45, 7) is 2.20. The molecule has 0 bridgehead atoms. The first-order valence-electron chi connectivity index (χ1n) is 2.52. The lowest BCUT2D eigenvalue weighted by molar-refractivity contribution is 0.891. The van der Waals surface area contributed by atoms with Crippen molar-refractivity contribution in [3.8, 4) is 0 Å². The maximum absolute atomic E-state index is 3.15. The van der Waals surface area contributed by atoms with Gasteiger partial charge in [0.2, 0.25) is 0 Å². The highest BCUT2D eigenvalue weighted by Crippen LogP contribution is 2.34. The smallest absolute Gasteiger partial charge is 0.00937 e. The second kappa shape index (κ2) is 1.63. The third-order valence-electron chi connectivity index (χ3n) is 0.979. The van der Waals surface area contributed by atoms with Crippen molar-refractivity contribution in [2.45, 2.75) is 26.2 Å². The SMILES string of the molecule is CCC[C]1[C]C1. The lowest BCUT2D eigenvalue weighted by Crippen LogP contribution is -1.65. The van der Waals surface area contributed by atoms with Crippen molar-refractivity contribution in [2.24, 2.45) is 0 Å². The van der Waals surface area contributed by atoms with Crippen molar-refractivity contribution < 1.29 is 0 Å². The van der Waals surface area contributed by atoms with Crippen molar-refractivity contribution in [1.82, 2.24) is 0 Å². The van der Waals surface area contributed by atoms with E-state index in [9.17, 15) is 0 Å². The molecule has 0 unspecified atom stereocenters. The van der Waals surface area contributed by atoms with Gasteiger partial charge in [-0.05, 0) is 25.2 Å². The van der Waals surface area contributed by atoms with Gasteiger partial charge in [0, 0.05) is 0 Å². The average Bonchev–Trinajstić information content (AvgIpc) is 2.21. The summed E-state index contributed by atoms with van der Waals surface area (Å²) in [6, 6.07) is 0. The van der Waals surface area contributed by atoms with Crippen LogP contribution in [0.4, 0.5) is 0 Å². The van der Waals surface area contributed by atoms with E-state index in [0.717, 1.165) is 0 Å². The summed E-state index contributed by atoms with van der Waals surface area (Å²) in [5.41, 5.74) is 0. The Kier molecular flexibility index (Phi) is 1.13. The van der Waals surface area contributed by atoms with Gasteiger partial charge in [-0.3, -0.25) is 0 Å². The maximum Gasteiger partial charge on any atom is -0.00937 e. The second-order valence-corrected chi connectivity index (χ2v) is 1.71. The standard InChI is InChI=1S/C6H9/c1-2-3-6-4-5-6/h2-4H2,1H3. The largest absolute Gasteiger partial charge is 0.0654 e. The van der Waals surface area contributed by atoms with Crippen LogP contribution in [0.15, 0.2) is 0 Å². The Balaban J connectivity index is 1.88. The number of hydrogen-bond donors (Lipinski definition) is 0. The zero-order valence-electron chi connectivity index (χ0n) is 4.12. The average molecular weight is 81.1 g/mol. The van der Waals surface area contributed by atoms with Gasteiger partial charge in [0.1, 0.15) is 0 Å². The molecule has 1 aliphatic rings. The monoisotopic (exact) mass is 81.1 g/mol. The van der Waals surface area contributed by atoms with Crippen LogP contribution >= 0.6 is 0 Å². The molecule has 0 aromatic rings. The van der Waals surface area contributed by atoms with Gasteiger partial charge >= 0.3 is 0 Å². The molecule has 0 aromatic carbocycles. The van der Waals surface area contributed by atoms with Crippen LogP contribution in [0.25, 0.3) is 0 Å². The third kappa shape index (κ3) is 1.00. The van der Waals surface area contributed by atoms with E-state index in [1.54, 1.807) is 0 Å². The van der Waals surface area contributed by atoms with Gasteiger partial charge in [0.25, 0.3) is 0 Å². The molecule has 1 fully saturated rings. The molecular weight excluding hydrogens is 72.1 g/mol. The predicted octanol–water partition coefficient (Wildman–Crippen LogP) is 1.85. The third-order valence-corrected chi connectivity index (χ3v) is 0.979. The van der Waals surface area contributed by atoms with Crippen LogP contribution in [0.1, 0.15) is 26.2 Å². The van der Waals surface area contributed by atoms with E-state index in [-0.39, 0.29) is 0 Å². The first-order chi connectivity index (χ1) is 2.93. The summed E-state index contributed by atoms with van der Waals surface area (Å²) in [5.74, 6) is 1.54. The molecule has 3 radical (unpaired) electrons. The minimum absolute atomic E-state index is 1.19. The highest BCUT2D eigenvalue weighted by molar-refractivity contribution is 5.22. The molecule has 1 aliphatic carbocycles. The van der Waals surface area contributed by atoms with E-state index in [2.05, 4.69) is 13.3 Å². The minimum atomic E-state index is 1.19. The quantitative estimate of drug-likeness (QED) is 0.476. The van der Waals surface area contributed by atoms with Gasteiger partial charge in [-0.15, -0.1) is 0 Å². The molecule has 1 rings (SSSR count). The van der Waals surface area contributed by atoms with Crippen molar-refractivity contribution >= 4 is 0 Å². The summed E-state index contributed by atoms with van der Waals surface area (Å²) in [7, 11) is 0. The van der Waals surface area contributed by atoms with Crippen LogP contribution in [0, 0.1) is 12.3 Å². The highest BCUT2D eigenvalue weighted by Gasteiger charge is 2.20. The summed E-state index contributed by atoms with van der Waals surface area (Å²) < 4.78 is 0. The van der Waals surface area contributed by atoms with Crippen molar-refractivity contribution in [2.75, 3.05) is 0 Å². The van der Waals surface area contributed by atoms with Crippen molar-refractivity contribution in [1.29, 1.82) is 0 Å². The highest BCUT2D eigenvalue weighted by atomic mass is 14.2. The van der Waals surface area contributed by atoms with Crippen LogP contribution in [-0.2, 0) is 0 Å². The molecule has 6 heavy (non-hydrogen) atoms. The van der Waals surface area contributed by atoms with Gasteiger partial charge in [-0.2, -0.15) is 0 Å². The van der Waals surface area contributed by atoms with Gasteiger partial charge in [-0.1, -0.05) is 13.3 Å². The second-order valence-electron chi connectivity index (χ2n) is 1.71. The van der Waals surface area contributed by atoms with Gasteiger partial charge < -0.3 is 0 Å². The first-order valence-corrected chi connectivity index (χ1v) is 2.52. The molecule has 0 nitrogen and oxygen atoms in total. The molecule has 0 spiro atoms. The Morgan fingerprint density at radius 3 is 2.67 bits per heavy atom. The van der Waals surface area contributed by atoms with E-state index in [1.165, 1.54) is 25.2 Å². The van der Waals surface area contributed by atoms with E-state index in [1.807, 2.05) is 0 Å². The Labute approximate surface area is 39.6 Å². The fourth-order valence-corrected chi connectivity index (χ4v) is 0.541. The fourth-order valence-electron chi connectivity index (χ4n) is 0.541. The molecule has 33 valence electrons. The Bertz CT molecular complexity index is 35.3. The van der Waals surface area contributed by atoms with E-state index in [0.29, 0.717) is 0 Å². The summed E-state index contributed by atoms with van der Waals surface area (Å²) in [4.78, 5) is 0. The predicted molar refractivity (Wildman–Crippen MR) is 26.0 cm³/mol. The van der Waals surface area contributed by atoms with Crippen molar-refractivity contribution in [3.63, 3.8) is 0 Å². The molecule has 1 saturated carbocycles. The lowest BCUT2D eigenvalue weighted by Gasteiger charge is -1.81. The lowest BCUT2D eigenvalue weighted by atomic mass is 10.2. The molecule has 0 aliphatic heterocycles. The van der Waals surface area contributed by atoms with Crippen LogP contribution in [0.5, 0.6) is 0 Å². The van der Waals surface area contributed by atoms with Gasteiger partial charge in [0.05, 0.1) is 0 Å².